The third-order valence-electron chi connectivity index (χ3n) is 4.70. The number of nitrogens with one attached hydrogen (secondary N) is 1. The van der Waals surface area contributed by atoms with Crippen molar-refractivity contribution in [1.82, 2.24) is 15.5 Å². The maximum Gasteiger partial charge on any atom is 0.389 e. The summed E-state index contributed by atoms with van der Waals surface area (Å²) in [6.45, 7) is 0.822. The van der Waals surface area contributed by atoms with Gasteiger partial charge >= 0.3 is 12.2 Å². The van der Waals surface area contributed by atoms with E-state index in [-0.39, 0.29) is 54.1 Å². The number of hydrogen-bond acceptors (Lipinski definition) is 6. The Balaban J connectivity index is 1.38. The van der Waals surface area contributed by atoms with E-state index in [0.717, 1.165) is 6.07 Å². The molecule has 1 aromatic heterocycles. The summed E-state index contributed by atoms with van der Waals surface area (Å²) in [6, 6.07) is 4.11. The molecule has 7 nitrogen and oxygen atoms in total. The van der Waals surface area contributed by atoms with Gasteiger partial charge in [0.1, 0.15) is 11.6 Å². The molecule has 1 fully saturated rings. The van der Waals surface area contributed by atoms with Crippen molar-refractivity contribution in [3.63, 3.8) is 0 Å². The first-order chi connectivity index (χ1) is 14.7. The van der Waals surface area contributed by atoms with E-state index in [1.54, 1.807) is 0 Å². The van der Waals surface area contributed by atoms with Crippen molar-refractivity contribution in [2.24, 2.45) is 0 Å². The van der Waals surface area contributed by atoms with Crippen LogP contribution in [0.15, 0.2) is 22.6 Å². The van der Waals surface area contributed by atoms with Crippen molar-refractivity contribution < 1.29 is 31.5 Å². The standard InChI is InChI=1S/C19H21ClF4N4O3/c20-14-4-3-13(10-15(14)21)30-11-16(29)25-12-5-8-28(9-6-12)18-27-26-17(31-18)2-1-7-19(22,23)24/h3-4,10,12H,1-2,5-9,11H2,(H,25,29). The average Bonchev–Trinajstić information content (AvgIpc) is 3.17. The first-order valence-corrected chi connectivity index (χ1v) is 10.1. The van der Waals surface area contributed by atoms with Gasteiger partial charge in [0.05, 0.1) is 5.02 Å². The maximum absolute atomic E-state index is 13.4. The average molecular weight is 465 g/mol. The molecular formula is C19H21ClF4N4O3. The molecule has 0 radical (unpaired) electrons. The monoisotopic (exact) mass is 464 g/mol. The number of benzene rings is 1. The van der Waals surface area contributed by atoms with Gasteiger partial charge in [-0.3, -0.25) is 4.79 Å². The summed E-state index contributed by atoms with van der Waals surface area (Å²) < 4.78 is 60.7. The number of carbonyl (C=O) groups excluding carboxylic acids is 1. The van der Waals surface area contributed by atoms with Gasteiger partial charge in [-0.05, 0) is 31.4 Å². The van der Waals surface area contributed by atoms with Gasteiger partial charge in [-0.15, -0.1) is 5.10 Å². The van der Waals surface area contributed by atoms with Crippen LogP contribution in [0.25, 0.3) is 0 Å². The summed E-state index contributed by atoms with van der Waals surface area (Å²) in [7, 11) is 0. The Morgan fingerprint density at radius 2 is 2.03 bits per heavy atom. The van der Waals surface area contributed by atoms with E-state index in [1.807, 2.05) is 4.90 Å². The van der Waals surface area contributed by atoms with E-state index in [2.05, 4.69) is 15.5 Å². The predicted molar refractivity (Wildman–Crippen MR) is 104 cm³/mol. The van der Waals surface area contributed by atoms with Crippen molar-refractivity contribution >= 4 is 23.5 Å². The molecule has 2 heterocycles. The lowest BCUT2D eigenvalue weighted by Crippen LogP contribution is -2.46. The molecular weight excluding hydrogens is 444 g/mol. The van der Waals surface area contributed by atoms with Crippen LogP contribution in [0.2, 0.25) is 5.02 Å². The van der Waals surface area contributed by atoms with Crippen LogP contribution in [0.5, 0.6) is 5.75 Å². The second-order valence-electron chi connectivity index (χ2n) is 7.14. The predicted octanol–water partition coefficient (Wildman–Crippen LogP) is 3.91. The summed E-state index contributed by atoms with van der Waals surface area (Å²) in [5, 5.41) is 10.5. The number of rotatable bonds is 8. The van der Waals surface area contributed by atoms with Gasteiger partial charge in [0.15, 0.2) is 6.61 Å². The van der Waals surface area contributed by atoms with Crippen LogP contribution >= 0.6 is 11.6 Å². The van der Waals surface area contributed by atoms with Gasteiger partial charge in [0.2, 0.25) is 5.89 Å². The third-order valence-corrected chi connectivity index (χ3v) is 5.01. The molecule has 0 atom stereocenters. The van der Waals surface area contributed by atoms with Crippen LogP contribution in [-0.2, 0) is 11.2 Å². The smallest absolute Gasteiger partial charge is 0.389 e. The van der Waals surface area contributed by atoms with E-state index in [9.17, 15) is 22.4 Å². The van der Waals surface area contributed by atoms with Crippen LogP contribution in [0.4, 0.5) is 23.6 Å². The topological polar surface area (TPSA) is 80.5 Å². The van der Waals surface area contributed by atoms with E-state index in [1.165, 1.54) is 12.1 Å². The van der Waals surface area contributed by atoms with Crippen LogP contribution < -0.4 is 15.0 Å². The van der Waals surface area contributed by atoms with Crippen LogP contribution in [-0.4, -0.2) is 48.0 Å². The van der Waals surface area contributed by atoms with E-state index in [0.29, 0.717) is 25.9 Å². The number of carbonyl (C=O) groups is 1. The number of piperidine rings is 1. The molecule has 1 amide bonds. The fraction of sp³-hybridized carbons (Fsp3) is 0.526. The number of hydrogen-bond donors (Lipinski definition) is 1. The number of anilines is 1. The molecule has 3 rings (SSSR count). The molecule has 1 aromatic carbocycles. The number of amides is 1. The van der Waals surface area contributed by atoms with Gasteiger partial charge in [-0.2, -0.15) is 13.2 Å². The number of ether oxygens (including phenoxy) is 1. The highest BCUT2D eigenvalue weighted by atomic mass is 35.5. The van der Waals surface area contributed by atoms with Crippen molar-refractivity contribution in [3.05, 3.63) is 34.9 Å². The van der Waals surface area contributed by atoms with Crippen LogP contribution in [0, 0.1) is 5.82 Å². The lowest BCUT2D eigenvalue weighted by Gasteiger charge is -2.31. The minimum Gasteiger partial charge on any atom is -0.484 e. The van der Waals surface area contributed by atoms with Crippen molar-refractivity contribution in [1.29, 1.82) is 0 Å². The zero-order valence-electron chi connectivity index (χ0n) is 16.4. The fourth-order valence-corrected chi connectivity index (χ4v) is 3.23. The molecule has 1 aliphatic rings. The highest BCUT2D eigenvalue weighted by Gasteiger charge is 2.27. The summed E-state index contributed by atoms with van der Waals surface area (Å²) in [6.07, 6.45) is -3.90. The van der Waals surface area contributed by atoms with Crippen molar-refractivity contribution in [2.75, 3.05) is 24.6 Å². The second kappa shape index (κ2) is 10.2. The number of nitrogens with zero attached hydrogens (tertiary/aromatic N) is 3. The highest BCUT2D eigenvalue weighted by molar-refractivity contribution is 6.30. The molecule has 12 heteroatoms. The first kappa shape index (κ1) is 23.1. The molecule has 170 valence electrons. The fourth-order valence-electron chi connectivity index (χ4n) is 3.11. The Hall–Kier alpha value is -2.56. The SMILES string of the molecule is O=C(COc1ccc(Cl)c(F)c1)NC1CCN(c2nnc(CCCC(F)(F)F)o2)CC1. The third kappa shape index (κ3) is 7.27. The molecule has 1 saturated heterocycles. The molecule has 0 unspecified atom stereocenters. The van der Waals surface area contributed by atoms with E-state index < -0.39 is 18.4 Å². The number of aryl methyl sites for hydroxylation is 1. The number of aromatic nitrogens is 2. The minimum atomic E-state index is -4.20. The number of halogens is 5. The normalized spacial score (nSPS) is 15.2. The second-order valence-corrected chi connectivity index (χ2v) is 7.55. The Bertz CT molecular complexity index is 885. The molecule has 0 saturated carbocycles. The van der Waals surface area contributed by atoms with Gasteiger partial charge < -0.3 is 19.4 Å². The Morgan fingerprint density at radius 3 is 2.71 bits per heavy atom. The van der Waals surface area contributed by atoms with Gasteiger partial charge in [0, 0.05) is 38.0 Å². The van der Waals surface area contributed by atoms with E-state index >= 15 is 0 Å². The lowest BCUT2D eigenvalue weighted by molar-refractivity contribution is -0.135. The molecule has 31 heavy (non-hydrogen) atoms. The molecule has 1 aliphatic heterocycles. The largest absolute Gasteiger partial charge is 0.484 e. The summed E-state index contributed by atoms with van der Waals surface area (Å²) in [4.78, 5) is 13.9. The quantitative estimate of drug-likeness (QED) is 0.597. The highest BCUT2D eigenvalue weighted by Crippen LogP contribution is 2.24. The summed E-state index contributed by atoms with van der Waals surface area (Å²) >= 11 is 5.60. The van der Waals surface area contributed by atoms with Crippen LogP contribution in [0.1, 0.15) is 31.6 Å². The molecule has 2 aromatic rings. The first-order valence-electron chi connectivity index (χ1n) is 9.71. The molecule has 0 bridgehead atoms. The zero-order valence-corrected chi connectivity index (χ0v) is 17.2. The molecule has 1 N–H and O–H groups in total. The Labute approximate surface area is 180 Å². The van der Waals surface area contributed by atoms with Gasteiger partial charge in [0.25, 0.3) is 5.91 Å². The van der Waals surface area contributed by atoms with Gasteiger partial charge in [-0.25, -0.2) is 4.39 Å². The summed E-state index contributed by atoms with van der Waals surface area (Å²) in [5.74, 6) is -0.588. The lowest BCUT2D eigenvalue weighted by atomic mass is 10.1. The van der Waals surface area contributed by atoms with Crippen molar-refractivity contribution in [2.45, 2.75) is 44.3 Å². The zero-order chi connectivity index (χ0) is 22.4. The minimum absolute atomic E-state index is 0.0294. The maximum atomic E-state index is 13.4. The Morgan fingerprint density at radius 1 is 1.29 bits per heavy atom. The van der Waals surface area contributed by atoms with Crippen molar-refractivity contribution in [3.8, 4) is 5.75 Å². The molecule has 0 spiro atoms. The van der Waals surface area contributed by atoms with E-state index in [4.69, 9.17) is 20.8 Å². The molecule has 0 aliphatic carbocycles. The van der Waals surface area contributed by atoms with Gasteiger partial charge in [-0.1, -0.05) is 16.7 Å². The summed E-state index contributed by atoms with van der Waals surface area (Å²) in [5.41, 5.74) is 0. The van der Waals surface area contributed by atoms with Crippen LogP contribution in [0.3, 0.4) is 0 Å². The Kier molecular flexibility index (Phi) is 7.58. The number of alkyl halides is 3.